The molecule has 1 atom stereocenters. The second-order valence-corrected chi connectivity index (χ2v) is 10.2. The van der Waals surface area contributed by atoms with Crippen LogP contribution in [0.25, 0.3) is 0 Å². The molecule has 3 aromatic rings. The standard InChI is InChI=1S/C27H26FN3O6S/c1-2-37-20-11-9-19(10-12-20)31-25(32)17-24(27(31)34)30(26(33)22-5-3-4-6-23(22)28)16-15-18-7-13-21(14-8-18)38(29,35)36/h3-14,24H,2,15-17H2,1H3,(H2,29,35,36). The van der Waals surface area contributed by atoms with E-state index in [-0.39, 0.29) is 29.8 Å². The van der Waals surface area contributed by atoms with Gasteiger partial charge in [-0.25, -0.2) is 22.8 Å². The fourth-order valence-electron chi connectivity index (χ4n) is 4.27. The molecule has 1 aliphatic rings. The highest BCUT2D eigenvalue weighted by Gasteiger charge is 2.44. The molecular weight excluding hydrogens is 513 g/mol. The lowest BCUT2D eigenvalue weighted by atomic mass is 10.1. The number of primary sulfonamides is 1. The number of rotatable bonds is 9. The molecule has 0 aliphatic carbocycles. The second-order valence-electron chi connectivity index (χ2n) is 8.63. The lowest BCUT2D eigenvalue weighted by molar-refractivity contribution is -0.122. The molecule has 9 nitrogen and oxygen atoms in total. The predicted molar refractivity (Wildman–Crippen MR) is 137 cm³/mol. The van der Waals surface area contributed by atoms with E-state index >= 15 is 0 Å². The molecule has 0 saturated carbocycles. The summed E-state index contributed by atoms with van der Waals surface area (Å²) in [7, 11) is -3.87. The molecule has 38 heavy (non-hydrogen) atoms. The van der Waals surface area contributed by atoms with Gasteiger partial charge in [-0.3, -0.25) is 14.4 Å². The Morgan fingerprint density at radius 1 is 1.05 bits per heavy atom. The molecule has 0 spiro atoms. The Morgan fingerprint density at radius 3 is 2.32 bits per heavy atom. The Labute approximate surface area is 219 Å². The first-order chi connectivity index (χ1) is 18.1. The number of sulfonamides is 1. The number of carbonyl (C=O) groups excluding carboxylic acids is 3. The SMILES string of the molecule is CCOc1ccc(N2C(=O)CC(N(CCc3ccc(S(N)(=O)=O)cc3)C(=O)c3ccccc3F)C2=O)cc1. The van der Waals surface area contributed by atoms with E-state index in [4.69, 9.17) is 9.88 Å². The van der Waals surface area contributed by atoms with Crippen molar-refractivity contribution in [2.75, 3.05) is 18.1 Å². The van der Waals surface area contributed by atoms with Gasteiger partial charge in [0.05, 0.1) is 29.2 Å². The van der Waals surface area contributed by atoms with Crippen molar-refractivity contribution in [3.05, 3.63) is 89.7 Å². The first-order valence-corrected chi connectivity index (χ1v) is 13.4. The van der Waals surface area contributed by atoms with E-state index in [1.807, 2.05) is 6.92 Å². The van der Waals surface area contributed by atoms with E-state index in [2.05, 4.69) is 0 Å². The molecule has 1 unspecified atom stereocenters. The van der Waals surface area contributed by atoms with Gasteiger partial charge in [0, 0.05) is 6.54 Å². The van der Waals surface area contributed by atoms with Crippen LogP contribution in [0.1, 0.15) is 29.3 Å². The van der Waals surface area contributed by atoms with Gasteiger partial charge in [0.25, 0.3) is 11.8 Å². The summed E-state index contributed by atoms with van der Waals surface area (Å²) in [5.74, 6) is -2.00. The molecular formula is C27H26FN3O6S. The van der Waals surface area contributed by atoms with Gasteiger partial charge in [-0.05, 0) is 67.4 Å². The van der Waals surface area contributed by atoms with Crippen molar-refractivity contribution in [3.63, 3.8) is 0 Å². The van der Waals surface area contributed by atoms with Crippen molar-refractivity contribution in [1.82, 2.24) is 4.90 Å². The third-order valence-electron chi connectivity index (χ3n) is 6.16. The maximum Gasteiger partial charge on any atom is 0.257 e. The van der Waals surface area contributed by atoms with Gasteiger partial charge in [-0.1, -0.05) is 24.3 Å². The molecule has 3 amide bonds. The molecule has 0 aromatic heterocycles. The maximum atomic E-state index is 14.5. The number of halogens is 1. The Kier molecular flexibility index (Phi) is 7.88. The Balaban J connectivity index is 1.62. The number of imide groups is 1. The fourth-order valence-corrected chi connectivity index (χ4v) is 4.79. The Hall–Kier alpha value is -4.09. The van der Waals surface area contributed by atoms with Crippen LogP contribution in [0.3, 0.4) is 0 Å². The van der Waals surface area contributed by atoms with Crippen molar-refractivity contribution in [2.24, 2.45) is 5.14 Å². The smallest absolute Gasteiger partial charge is 0.257 e. The molecule has 0 bridgehead atoms. The van der Waals surface area contributed by atoms with E-state index in [9.17, 15) is 27.2 Å². The van der Waals surface area contributed by atoms with E-state index in [1.165, 1.54) is 35.2 Å². The van der Waals surface area contributed by atoms with Crippen LogP contribution in [0, 0.1) is 5.82 Å². The molecule has 3 aromatic carbocycles. The highest BCUT2D eigenvalue weighted by atomic mass is 32.2. The van der Waals surface area contributed by atoms with Crippen LogP contribution in [-0.2, 0) is 26.0 Å². The van der Waals surface area contributed by atoms with Crippen molar-refractivity contribution >= 4 is 33.4 Å². The van der Waals surface area contributed by atoms with Crippen LogP contribution in [0.4, 0.5) is 10.1 Å². The first kappa shape index (κ1) is 27.0. The monoisotopic (exact) mass is 539 g/mol. The van der Waals surface area contributed by atoms with Crippen molar-refractivity contribution in [2.45, 2.75) is 30.7 Å². The molecule has 4 rings (SSSR count). The van der Waals surface area contributed by atoms with Gasteiger partial charge in [-0.15, -0.1) is 0 Å². The summed E-state index contributed by atoms with van der Waals surface area (Å²) in [6, 6.07) is 16.5. The molecule has 1 aliphatic heterocycles. The topological polar surface area (TPSA) is 127 Å². The van der Waals surface area contributed by atoms with Crippen LogP contribution in [0.5, 0.6) is 5.75 Å². The number of hydrogen-bond donors (Lipinski definition) is 1. The van der Waals surface area contributed by atoms with Gasteiger partial charge in [0.1, 0.15) is 17.6 Å². The van der Waals surface area contributed by atoms with E-state index in [0.29, 0.717) is 23.6 Å². The average Bonchev–Trinajstić information content (AvgIpc) is 3.18. The largest absolute Gasteiger partial charge is 0.494 e. The summed E-state index contributed by atoms with van der Waals surface area (Å²) in [5.41, 5.74) is 0.767. The van der Waals surface area contributed by atoms with Crippen molar-refractivity contribution in [3.8, 4) is 5.75 Å². The third kappa shape index (κ3) is 5.74. The minimum atomic E-state index is -3.87. The lowest BCUT2D eigenvalue weighted by Crippen LogP contribution is -2.46. The van der Waals surface area contributed by atoms with Gasteiger partial charge in [0.2, 0.25) is 15.9 Å². The molecule has 1 heterocycles. The molecule has 2 N–H and O–H groups in total. The van der Waals surface area contributed by atoms with E-state index in [0.717, 1.165) is 11.0 Å². The number of carbonyl (C=O) groups is 3. The Bertz CT molecular complexity index is 1460. The lowest BCUT2D eigenvalue weighted by Gasteiger charge is -2.28. The molecule has 1 fully saturated rings. The van der Waals surface area contributed by atoms with Crippen LogP contribution in [-0.4, -0.2) is 50.2 Å². The summed E-state index contributed by atoms with van der Waals surface area (Å²) < 4.78 is 43.0. The molecule has 1 saturated heterocycles. The normalized spacial score (nSPS) is 15.6. The second kappa shape index (κ2) is 11.1. The van der Waals surface area contributed by atoms with Crippen LogP contribution in [0.15, 0.2) is 77.7 Å². The van der Waals surface area contributed by atoms with Crippen LogP contribution < -0.4 is 14.8 Å². The van der Waals surface area contributed by atoms with Gasteiger partial charge < -0.3 is 9.64 Å². The summed E-state index contributed by atoms with van der Waals surface area (Å²) in [5, 5.41) is 5.15. The van der Waals surface area contributed by atoms with Crippen LogP contribution in [0.2, 0.25) is 0 Å². The van der Waals surface area contributed by atoms with Gasteiger partial charge in [-0.2, -0.15) is 0 Å². The zero-order chi connectivity index (χ0) is 27.4. The third-order valence-corrected chi connectivity index (χ3v) is 7.09. The highest BCUT2D eigenvalue weighted by Crippen LogP contribution is 2.29. The van der Waals surface area contributed by atoms with Gasteiger partial charge in [0.15, 0.2) is 0 Å². The van der Waals surface area contributed by atoms with Crippen molar-refractivity contribution < 1.29 is 31.9 Å². The maximum absolute atomic E-state index is 14.5. The first-order valence-electron chi connectivity index (χ1n) is 11.9. The van der Waals surface area contributed by atoms with Crippen LogP contribution >= 0.6 is 0 Å². The zero-order valence-electron chi connectivity index (χ0n) is 20.5. The van der Waals surface area contributed by atoms with E-state index in [1.54, 1.807) is 36.4 Å². The Morgan fingerprint density at radius 2 is 1.71 bits per heavy atom. The quantitative estimate of drug-likeness (QED) is 0.417. The zero-order valence-corrected chi connectivity index (χ0v) is 21.4. The summed E-state index contributed by atoms with van der Waals surface area (Å²) in [6.07, 6.45) is -0.0529. The van der Waals surface area contributed by atoms with E-state index < -0.39 is 39.6 Å². The molecule has 0 radical (unpaired) electrons. The number of amides is 3. The predicted octanol–water partition coefficient (Wildman–Crippen LogP) is 2.89. The fraction of sp³-hybridized carbons (Fsp3) is 0.222. The number of nitrogens with zero attached hydrogens (tertiary/aromatic N) is 2. The minimum absolute atomic E-state index is 0.0251. The molecule has 11 heteroatoms. The number of nitrogens with two attached hydrogens (primary N) is 1. The summed E-state index contributed by atoms with van der Waals surface area (Å²) in [4.78, 5) is 42.0. The number of ether oxygens (including phenoxy) is 1. The summed E-state index contributed by atoms with van der Waals surface area (Å²) >= 11 is 0. The number of hydrogen-bond acceptors (Lipinski definition) is 6. The number of benzene rings is 3. The van der Waals surface area contributed by atoms with Gasteiger partial charge >= 0.3 is 0 Å². The number of anilines is 1. The summed E-state index contributed by atoms with van der Waals surface area (Å²) in [6.45, 7) is 2.27. The minimum Gasteiger partial charge on any atom is -0.494 e. The highest BCUT2D eigenvalue weighted by molar-refractivity contribution is 7.89. The molecule has 198 valence electrons. The average molecular weight is 540 g/mol. The van der Waals surface area contributed by atoms with Crippen molar-refractivity contribution in [1.29, 1.82) is 0 Å².